The van der Waals surface area contributed by atoms with Crippen molar-refractivity contribution in [3.63, 3.8) is 0 Å². The average Bonchev–Trinajstić information content (AvgIpc) is 2.53. The molecule has 0 aliphatic heterocycles. The Morgan fingerprint density at radius 2 is 1.90 bits per heavy atom. The molecule has 1 aromatic heterocycles. The van der Waals surface area contributed by atoms with Crippen LogP contribution in [0.25, 0.3) is 0 Å². The zero-order valence-corrected chi connectivity index (χ0v) is 11.6. The number of aromatic carboxylic acids is 1. The quantitative estimate of drug-likeness (QED) is 0.884. The summed E-state index contributed by atoms with van der Waals surface area (Å²) in [5, 5.41) is 11.9. The number of nitrogens with zero attached hydrogens (tertiary/aromatic N) is 1. The van der Waals surface area contributed by atoms with E-state index in [1.54, 1.807) is 0 Å². The smallest absolute Gasteiger partial charge is 0.338 e. The fourth-order valence-corrected chi connectivity index (χ4v) is 2.09. The first-order valence-corrected chi connectivity index (χ1v) is 6.67. The lowest BCUT2D eigenvalue weighted by atomic mass is 10.0. The van der Waals surface area contributed by atoms with Crippen LogP contribution < -0.4 is 5.32 Å². The zero-order valence-electron chi connectivity index (χ0n) is 11.6. The van der Waals surface area contributed by atoms with Crippen LogP contribution in [-0.4, -0.2) is 22.0 Å². The highest BCUT2D eigenvalue weighted by Crippen LogP contribution is 2.17. The summed E-state index contributed by atoms with van der Waals surface area (Å²) in [4.78, 5) is 27.3. The first-order chi connectivity index (χ1) is 10.1. The van der Waals surface area contributed by atoms with Gasteiger partial charge in [0.15, 0.2) is 0 Å². The van der Waals surface area contributed by atoms with E-state index in [0.717, 1.165) is 5.56 Å². The number of hydrogen-bond donors (Lipinski definition) is 2. The van der Waals surface area contributed by atoms with E-state index in [9.17, 15) is 9.59 Å². The van der Waals surface area contributed by atoms with Gasteiger partial charge in [-0.1, -0.05) is 37.3 Å². The minimum atomic E-state index is -1.17. The molecule has 0 aliphatic rings. The summed E-state index contributed by atoms with van der Waals surface area (Å²) in [6.07, 6.45) is 2.11. The summed E-state index contributed by atoms with van der Waals surface area (Å²) in [7, 11) is 0. The maximum Gasteiger partial charge on any atom is 0.338 e. The molecule has 1 heterocycles. The highest BCUT2D eigenvalue weighted by atomic mass is 16.4. The van der Waals surface area contributed by atoms with Crippen molar-refractivity contribution in [3.8, 4) is 0 Å². The topological polar surface area (TPSA) is 79.3 Å². The number of hydrogen-bond acceptors (Lipinski definition) is 3. The van der Waals surface area contributed by atoms with E-state index in [1.165, 1.54) is 18.3 Å². The van der Waals surface area contributed by atoms with Crippen molar-refractivity contribution in [1.82, 2.24) is 10.3 Å². The number of carboxylic acid groups (broad SMARTS) is 1. The van der Waals surface area contributed by atoms with E-state index >= 15 is 0 Å². The molecule has 0 saturated heterocycles. The second-order valence-corrected chi connectivity index (χ2v) is 4.55. The third-order valence-electron chi connectivity index (χ3n) is 3.17. The van der Waals surface area contributed by atoms with Gasteiger partial charge in [-0.2, -0.15) is 0 Å². The standard InChI is InChI=1S/C16H16N2O3/c1-2-13(11-7-4-3-5-8-11)18-15(19)14-12(16(20)21)9-6-10-17-14/h3-10,13H,2H2,1H3,(H,18,19)(H,20,21). The third-order valence-corrected chi connectivity index (χ3v) is 3.17. The fraction of sp³-hybridized carbons (Fsp3) is 0.188. The molecule has 2 aromatic rings. The first-order valence-electron chi connectivity index (χ1n) is 6.67. The highest BCUT2D eigenvalue weighted by molar-refractivity contribution is 6.03. The van der Waals surface area contributed by atoms with Crippen molar-refractivity contribution in [2.24, 2.45) is 0 Å². The van der Waals surface area contributed by atoms with Gasteiger partial charge in [-0.25, -0.2) is 4.79 Å². The SMILES string of the molecule is CCC(NC(=O)c1ncccc1C(=O)O)c1ccccc1. The molecule has 0 fully saturated rings. The number of carbonyl (C=O) groups is 2. The predicted octanol–water partition coefficient (Wildman–Crippen LogP) is 2.66. The number of amides is 1. The van der Waals surface area contributed by atoms with Crippen molar-refractivity contribution in [2.75, 3.05) is 0 Å². The van der Waals surface area contributed by atoms with Crippen molar-refractivity contribution in [2.45, 2.75) is 19.4 Å². The maximum absolute atomic E-state index is 12.3. The summed E-state index contributed by atoms with van der Waals surface area (Å²) >= 11 is 0. The van der Waals surface area contributed by atoms with Crippen LogP contribution in [0.4, 0.5) is 0 Å². The average molecular weight is 284 g/mol. The molecule has 0 spiro atoms. The molecule has 0 saturated carbocycles. The molecule has 1 aromatic carbocycles. The molecule has 0 bridgehead atoms. The number of nitrogens with one attached hydrogen (secondary N) is 1. The lowest BCUT2D eigenvalue weighted by molar-refractivity contribution is 0.0689. The second-order valence-electron chi connectivity index (χ2n) is 4.55. The Kier molecular flexibility index (Phi) is 4.66. The second kappa shape index (κ2) is 6.65. The molecule has 0 radical (unpaired) electrons. The molecule has 1 amide bonds. The van der Waals surface area contributed by atoms with Crippen molar-refractivity contribution < 1.29 is 14.7 Å². The van der Waals surface area contributed by atoms with E-state index in [-0.39, 0.29) is 17.3 Å². The number of aromatic nitrogens is 1. The van der Waals surface area contributed by atoms with Gasteiger partial charge in [0.05, 0.1) is 11.6 Å². The van der Waals surface area contributed by atoms with Gasteiger partial charge in [-0.3, -0.25) is 9.78 Å². The van der Waals surface area contributed by atoms with Gasteiger partial charge >= 0.3 is 5.97 Å². The van der Waals surface area contributed by atoms with Crippen LogP contribution >= 0.6 is 0 Å². The molecule has 0 aliphatic carbocycles. The summed E-state index contributed by atoms with van der Waals surface area (Å²) in [6, 6.07) is 12.2. The first kappa shape index (κ1) is 14.7. The zero-order chi connectivity index (χ0) is 15.2. The predicted molar refractivity (Wildman–Crippen MR) is 78.1 cm³/mol. The van der Waals surface area contributed by atoms with Crippen molar-refractivity contribution >= 4 is 11.9 Å². The minimum absolute atomic E-state index is 0.0700. The Morgan fingerprint density at radius 3 is 2.52 bits per heavy atom. The van der Waals surface area contributed by atoms with E-state index in [0.29, 0.717) is 6.42 Å². The van der Waals surface area contributed by atoms with Crippen molar-refractivity contribution in [3.05, 3.63) is 65.5 Å². The van der Waals surface area contributed by atoms with E-state index in [2.05, 4.69) is 10.3 Å². The lowest BCUT2D eigenvalue weighted by Gasteiger charge is -2.17. The Labute approximate surface area is 122 Å². The Morgan fingerprint density at radius 1 is 1.19 bits per heavy atom. The van der Waals surface area contributed by atoms with E-state index in [4.69, 9.17) is 5.11 Å². The normalized spacial score (nSPS) is 11.7. The largest absolute Gasteiger partial charge is 0.478 e. The Balaban J connectivity index is 2.23. The molecular weight excluding hydrogens is 268 g/mol. The molecule has 1 unspecified atom stereocenters. The van der Waals surface area contributed by atoms with Gasteiger partial charge in [0.1, 0.15) is 5.69 Å². The van der Waals surface area contributed by atoms with Gasteiger partial charge < -0.3 is 10.4 Å². The van der Waals surface area contributed by atoms with Crippen molar-refractivity contribution in [1.29, 1.82) is 0 Å². The number of carbonyl (C=O) groups excluding carboxylic acids is 1. The van der Waals surface area contributed by atoms with Crippen LogP contribution in [0.15, 0.2) is 48.7 Å². The maximum atomic E-state index is 12.3. The summed E-state index contributed by atoms with van der Waals surface area (Å²) < 4.78 is 0. The van der Waals surface area contributed by atoms with Crippen LogP contribution in [0.1, 0.15) is 45.8 Å². The number of pyridine rings is 1. The molecule has 5 heteroatoms. The van der Waals surface area contributed by atoms with Gasteiger partial charge in [0, 0.05) is 6.20 Å². The number of carboxylic acids is 1. The van der Waals surface area contributed by atoms with E-state index < -0.39 is 11.9 Å². The number of rotatable bonds is 5. The molecule has 2 rings (SSSR count). The summed E-state index contributed by atoms with van der Waals surface area (Å²) in [5.74, 6) is -1.65. The van der Waals surface area contributed by atoms with Gasteiger partial charge in [0.2, 0.25) is 0 Å². The van der Waals surface area contributed by atoms with Crippen LogP contribution in [0, 0.1) is 0 Å². The van der Waals surface area contributed by atoms with Crippen LogP contribution in [0.5, 0.6) is 0 Å². The molecule has 108 valence electrons. The molecule has 21 heavy (non-hydrogen) atoms. The van der Waals surface area contributed by atoms with Crippen LogP contribution in [0.3, 0.4) is 0 Å². The Bertz CT molecular complexity index is 641. The highest BCUT2D eigenvalue weighted by Gasteiger charge is 2.20. The van der Waals surface area contributed by atoms with Crippen LogP contribution in [-0.2, 0) is 0 Å². The monoisotopic (exact) mass is 284 g/mol. The van der Waals surface area contributed by atoms with Gasteiger partial charge in [0.25, 0.3) is 5.91 Å². The number of benzene rings is 1. The van der Waals surface area contributed by atoms with Gasteiger partial charge in [-0.05, 0) is 24.1 Å². The third kappa shape index (κ3) is 3.45. The summed E-state index contributed by atoms with van der Waals surface area (Å²) in [6.45, 7) is 1.95. The molecule has 2 N–H and O–H groups in total. The fourth-order valence-electron chi connectivity index (χ4n) is 2.09. The van der Waals surface area contributed by atoms with Gasteiger partial charge in [-0.15, -0.1) is 0 Å². The molecule has 5 nitrogen and oxygen atoms in total. The van der Waals surface area contributed by atoms with E-state index in [1.807, 2.05) is 37.3 Å². The molecule has 1 atom stereocenters. The Hall–Kier alpha value is -2.69. The summed E-state index contributed by atoms with van der Waals surface area (Å²) in [5.41, 5.74) is 0.804. The lowest BCUT2D eigenvalue weighted by Crippen LogP contribution is -2.30. The van der Waals surface area contributed by atoms with Crippen LogP contribution in [0.2, 0.25) is 0 Å². The molecular formula is C16H16N2O3. The minimum Gasteiger partial charge on any atom is -0.478 e.